The molecular formula is C14H28O3. The van der Waals surface area contributed by atoms with Crippen molar-refractivity contribution in [3.8, 4) is 0 Å². The molecule has 0 rings (SSSR count). The highest BCUT2D eigenvalue weighted by Gasteiger charge is 2.10. The quantitative estimate of drug-likeness (QED) is 0.411. The average molecular weight is 244 g/mol. The molecule has 0 bridgehead atoms. The summed E-state index contributed by atoms with van der Waals surface area (Å²) >= 11 is 0. The molecule has 1 unspecified atom stereocenters. The number of rotatable bonds is 11. The van der Waals surface area contributed by atoms with Crippen molar-refractivity contribution in [1.29, 1.82) is 0 Å². The molecule has 0 aromatic carbocycles. The highest BCUT2D eigenvalue weighted by molar-refractivity contribution is 5.57. The van der Waals surface area contributed by atoms with Gasteiger partial charge in [0.15, 0.2) is 0 Å². The molecule has 0 spiro atoms. The van der Waals surface area contributed by atoms with E-state index in [1.807, 2.05) is 6.92 Å². The maximum atomic E-state index is 10.4. The maximum absolute atomic E-state index is 10.4. The maximum Gasteiger partial charge on any atom is 0.506 e. The first-order valence-corrected chi connectivity index (χ1v) is 7.10. The van der Waals surface area contributed by atoms with E-state index in [1.165, 1.54) is 44.9 Å². The second-order valence-corrected chi connectivity index (χ2v) is 4.68. The molecule has 0 aliphatic heterocycles. The Balaban J connectivity index is 3.28. The van der Waals surface area contributed by atoms with Crippen LogP contribution in [0.5, 0.6) is 0 Å². The van der Waals surface area contributed by atoms with Crippen molar-refractivity contribution in [3.05, 3.63) is 0 Å². The minimum absolute atomic E-state index is 0.104. The lowest BCUT2D eigenvalue weighted by Crippen LogP contribution is -2.15. The van der Waals surface area contributed by atoms with Gasteiger partial charge in [0.05, 0.1) is 0 Å². The van der Waals surface area contributed by atoms with Crippen LogP contribution in [0.4, 0.5) is 4.79 Å². The van der Waals surface area contributed by atoms with Crippen LogP contribution in [-0.4, -0.2) is 17.4 Å². The summed E-state index contributed by atoms with van der Waals surface area (Å²) in [5, 5.41) is 8.52. The van der Waals surface area contributed by atoms with Gasteiger partial charge in [-0.15, -0.1) is 0 Å². The predicted octanol–water partition coefficient (Wildman–Crippen LogP) is 4.99. The topological polar surface area (TPSA) is 46.5 Å². The Morgan fingerprint density at radius 3 is 2.00 bits per heavy atom. The lowest BCUT2D eigenvalue weighted by atomic mass is 10.0. The van der Waals surface area contributed by atoms with Gasteiger partial charge in [0.1, 0.15) is 6.10 Å². The molecule has 0 aromatic rings. The summed E-state index contributed by atoms with van der Waals surface area (Å²) in [6.45, 7) is 4.20. The largest absolute Gasteiger partial charge is 0.506 e. The Morgan fingerprint density at radius 2 is 1.53 bits per heavy atom. The van der Waals surface area contributed by atoms with Gasteiger partial charge in [-0.2, -0.15) is 0 Å². The van der Waals surface area contributed by atoms with E-state index in [2.05, 4.69) is 6.92 Å². The molecule has 0 heterocycles. The third-order valence-electron chi connectivity index (χ3n) is 3.10. The standard InChI is InChI=1S/C14H28O3/c1-3-5-6-7-8-9-10-11-12-13(4-2)17-14(15)16/h13H,3-12H2,1-2H3,(H,15,16). The first kappa shape index (κ1) is 16.3. The van der Waals surface area contributed by atoms with E-state index in [-0.39, 0.29) is 6.10 Å². The van der Waals surface area contributed by atoms with Crippen LogP contribution in [0, 0.1) is 0 Å². The normalized spacial score (nSPS) is 12.4. The predicted molar refractivity (Wildman–Crippen MR) is 70.4 cm³/mol. The van der Waals surface area contributed by atoms with Gasteiger partial charge < -0.3 is 9.84 Å². The molecule has 17 heavy (non-hydrogen) atoms. The van der Waals surface area contributed by atoms with E-state index in [9.17, 15) is 4.79 Å². The van der Waals surface area contributed by atoms with Crippen LogP contribution >= 0.6 is 0 Å². The Morgan fingerprint density at radius 1 is 1.00 bits per heavy atom. The molecule has 1 N–H and O–H groups in total. The van der Waals surface area contributed by atoms with Crippen molar-refractivity contribution in [1.82, 2.24) is 0 Å². The first-order chi connectivity index (χ1) is 8.20. The van der Waals surface area contributed by atoms with Crippen LogP contribution < -0.4 is 0 Å². The molecule has 0 aliphatic carbocycles. The van der Waals surface area contributed by atoms with Gasteiger partial charge >= 0.3 is 6.16 Å². The fourth-order valence-electron chi connectivity index (χ4n) is 1.99. The van der Waals surface area contributed by atoms with Crippen LogP contribution in [-0.2, 0) is 4.74 Å². The zero-order valence-electron chi connectivity index (χ0n) is 11.4. The molecule has 0 aromatic heterocycles. The van der Waals surface area contributed by atoms with Crippen LogP contribution in [0.2, 0.25) is 0 Å². The number of carbonyl (C=O) groups is 1. The van der Waals surface area contributed by atoms with Crippen LogP contribution in [0.15, 0.2) is 0 Å². The summed E-state index contributed by atoms with van der Waals surface area (Å²) in [7, 11) is 0. The molecule has 0 radical (unpaired) electrons. The summed E-state index contributed by atoms with van der Waals surface area (Å²) < 4.78 is 4.78. The fraction of sp³-hybridized carbons (Fsp3) is 0.929. The zero-order chi connectivity index (χ0) is 12.9. The van der Waals surface area contributed by atoms with E-state index in [1.54, 1.807) is 0 Å². The molecule has 0 fully saturated rings. The molecule has 0 saturated heterocycles. The second-order valence-electron chi connectivity index (χ2n) is 4.68. The minimum atomic E-state index is -1.14. The van der Waals surface area contributed by atoms with E-state index in [0.29, 0.717) is 0 Å². The van der Waals surface area contributed by atoms with Gasteiger partial charge in [-0.3, -0.25) is 0 Å². The third kappa shape index (κ3) is 11.5. The van der Waals surface area contributed by atoms with E-state index >= 15 is 0 Å². The average Bonchev–Trinajstić information content (AvgIpc) is 2.30. The molecule has 0 saturated carbocycles. The van der Waals surface area contributed by atoms with E-state index in [4.69, 9.17) is 9.84 Å². The molecule has 3 heteroatoms. The van der Waals surface area contributed by atoms with Crippen LogP contribution in [0.3, 0.4) is 0 Å². The Labute approximate surface area is 106 Å². The zero-order valence-corrected chi connectivity index (χ0v) is 11.4. The Hall–Kier alpha value is -0.730. The van der Waals surface area contributed by atoms with Crippen molar-refractivity contribution < 1.29 is 14.6 Å². The summed E-state index contributed by atoms with van der Waals surface area (Å²) in [5.74, 6) is 0. The Bertz CT molecular complexity index is 180. The van der Waals surface area contributed by atoms with Gasteiger partial charge in [-0.25, -0.2) is 4.79 Å². The van der Waals surface area contributed by atoms with Gasteiger partial charge in [0.25, 0.3) is 0 Å². The van der Waals surface area contributed by atoms with Gasteiger partial charge in [0, 0.05) is 0 Å². The van der Waals surface area contributed by atoms with Crippen molar-refractivity contribution in [3.63, 3.8) is 0 Å². The highest BCUT2D eigenvalue weighted by atomic mass is 16.7. The van der Waals surface area contributed by atoms with Crippen molar-refractivity contribution >= 4 is 6.16 Å². The smallest absolute Gasteiger partial charge is 0.450 e. The minimum Gasteiger partial charge on any atom is -0.450 e. The van der Waals surface area contributed by atoms with Gasteiger partial charge in [-0.05, 0) is 19.3 Å². The highest BCUT2D eigenvalue weighted by Crippen LogP contribution is 2.13. The third-order valence-corrected chi connectivity index (χ3v) is 3.10. The second kappa shape index (κ2) is 11.7. The van der Waals surface area contributed by atoms with Gasteiger partial charge in [-0.1, -0.05) is 58.8 Å². The van der Waals surface area contributed by atoms with Gasteiger partial charge in [0.2, 0.25) is 0 Å². The number of hydrogen-bond acceptors (Lipinski definition) is 2. The molecular weight excluding hydrogens is 216 g/mol. The SMILES string of the molecule is CCCCCCCCCCC(CC)OC(=O)O. The van der Waals surface area contributed by atoms with Crippen LogP contribution in [0.1, 0.15) is 78.1 Å². The number of ether oxygens (including phenoxy) is 1. The van der Waals surface area contributed by atoms with E-state index < -0.39 is 6.16 Å². The lowest BCUT2D eigenvalue weighted by molar-refractivity contribution is 0.0454. The lowest BCUT2D eigenvalue weighted by Gasteiger charge is -2.13. The summed E-state index contributed by atoms with van der Waals surface area (Å²) in [6.07, 6.45) is 10.6. The molecule has 0 amide bonds. The molecule has 3 nitrogen and oxygen atoms in total. The molecule has 0 aliphatic rings. The molecule has 102 valence electrons. The van der Waals surface area contributed by atoms with Crippen LogP contribution in [0.25, 0.3) is 0 Å². The fourth-order valence-corrected chi connectivity index (χ4v) is 1.99. The summed E-state index contributed by atoms with van der Waals surface area (Å²) in [4.78, 5) is 10.4. The number of carboxylic acid groups (broad SMARTS) is 1. The van der Waals surface area contributed by atoms with E-state index in [0.717, 1.165) is 19.3 Å². The monoisotopic (exact) mass is 244 g/mol. The number of unbranched alkanes of at least 4 members (excludes halogenated alkanes) is 7. The van der Waals surface area contributed by atoms with Crippen molar-refractivity contribution in [2.24, 2.45) is 0 Å². The van der Waals surface area contributed by atoms with Crippen molar-refractivity contribution in [2.75, 3.05) is 0 Å². The first-order valence-electron chi connectivity index (χ1n) is 7.10. The summed E-state index contributed by atoms with van der Waals surface area (Å²) in [6, 6.07) is 0. The van der Waals surface area contributed by atoms with Crippen molar-refractivity contribution in [2.45, 2.75) is 84.2 Å². The molecule has 1 atom stereocenters. The summed E-state index contributed by atoms with van der Waals surface area (Å²) in [5.41, 5.74) is 0. The Kier molecular flexibility index (Phi) is 11.2. The number of hydrogen-bond donors (Lipinski definition) is 1.